The average molecular weight is 315 g/mol. The topological polar surface area (TPSA) is 38.3 Å². The van der Waals surface area contributed by atoms with E-state index in [2.05, 4.69) is 17.4 Å². The number of aryl methyl sites for hydroxylation is 1. The molecule has 0 saturated carbocycles. The number of ether oxygens (including phenoxy) is 1. The van der Waals surface area contributed by atoms with E-state index >= 15 is 0 Å². The van der Waals surface area contributed by atoms with Gasteiger partial charge in [-0.05, 0) is 49.7 Å². The second-order valence-electron chi connectivity index (χ2n) is 4.83. The molecular weight excluding hydrogens is 294 g/mol. The van der Waals surface area contributed by atoms with E-state index in [-0.39, 0.29) is 5.91 Å². The maximum atomic E-state index is 12.1. The van der Waals surface area contributed by atoms with Crippen LogP contribution in [0.15, 0.2) is 53.4 Å². The summed E-state index contributed by atoms with van der Waals surface area (Å²) in [5.41, 5.74) is 1.65. The van der Waals surface area contributed by atoms with E-state index in [9.17, 15) is 4.79 Å². The molecule has 0 bridgehead atoms. The molecule has 2 rings (SSSR count). The van der Waals surface area contributed by atoms with Crippen molar-refractivity contribution in [1.29, 1.82) is 0 Å². The average Bonchev–Trinajstić information content (AvgIpc) is 2.54. The Hall–Kier alpha value is -1.94. The maximum Gasteiger partial charge on any atom is 0.251 e. The SMILES string of the molecule is CCOc1ccc(C(=O)NCCSc2ccccc2)cc1C. The molecule has 0 heterocycles. The normalized spacial score (nSPS) is 10.3. The lowest BCUT2D eigenvalue weighted by Crippen LogP contribution is -2.25. The lowest BCUT2D eigenvalue weighted by Gasteiger charge is -2.09. The van der Waals surface area contributed by atoms with Crippen LogP contribution in [0.2, 0.25) is 0 Å². The lowest BCUT2D eigenvalue weighted by atomic mass is 10.1. The molecule has 0 unspecified atom stereocenters. The van der Waals surface area contributed by atoms with Gasteiger partial charge in [0.05, 0.1) is 6.61 Å². The van der Waals surface area contributed by atoms with E-state index in [1.54, 1.807) is 17.8 Å². The minimum absolute atomic E-state index is 0.0418. The predicted octanol–water partition coefficient (Wildman–Crippen LogP) is 3.92. The van der Waals surface area contributed by atoms with Crippen LogP contribution >= 0.6 is 11.8 Å². The molecule has 22 heavy (non-hydrogen) atoms. The number of amides is 1. The highest BCUT2D eigenvalue weighted by atomic mass is 32.2. The molecular formula is C18H21NO2S. The summed E-state index contributed by atoms with van der Waals surface area (Å²) in [7, 11) is 0. The quantitative estimate of drug-likeness (QED) is 0.622. The second kappa shape index (κ2) is 8.49. The Morgan fingerprint density at radius 2 is 1.95 bits per heavy atom. The molecule has 1 amide bonds. The number of carbonyl (C=O) groups is 1. The van der Waals surface area contributed by atoms with E-state index < -0.39 is 0 Å². The Balaban J connectivity index is 1.81. The minimum atomic E-state index is -0.0418. The Morgan fingerprint density at radius 1 is 1.18 bits per heavy atom. The smallest absolute Gasteiger partial charge is 0.251 e. The first-order chi connectivity index (χ1) is 10.7. The van der Waals surface area contributed by atoms with Crippen molar-refractivity contribution in [3.63, 3.8) is 0 Å². The molecule has 4 heteroatoms. The predicted molar refractivity (Wildman–Crippen MR) is 91.8 cm³/mol. The number of carbonyl (C=O) groups excluding carboxylic acids is 1. The van der Waals surface area contributed by atoms with Gasteiger partial charge in [0.1, 0.15) is 5.75 Å². The number of hydrogen-bond acceptors (Lipinski definition) is 3. The monoisotopic (exact) mass is 315 g/mol. The van der Waals surface area contributed by atoms with Crippen molar-refractivity contribution in [2.24, 2.45) is 0 Å². The van der Waals surface area contributed by atoms with Gasteiger partial charge >= 0.3 is 0 Å². The first-order valence-electron chi connectivity index (χ1n) is 7.40. The van der Waals surface area contributed by atoms with Gasteiger partial charge in [-0.15, -0.1) is 11.8 Å². The summed E-state index contributed by atoms with van der Waals surface area (Å²) in [6.07, 6.45) is 0. The summed E-state index contributed by atoms with van der Waals surface area (Å²) in [6, 6.07) is 15.7. The fourth-order valence-electron chi connectivity index (χ4n) is 2.06. The lowest BCUT2D eigenvalue weighted by molar-refractivity contribution is 0.0956. The molecule has 0 saturated heterocycles. The Kier molecular flexibility index (Phi) is 6.34. The van der Waals surface area contributed by atoms with E-state index in [4.69, 9.17) is 4.74 Å². The highest BCUT2D eigenvalue weighted by molar-refractivity contribution is 7.99. The molecule has 0 atom stereocenters. The summed E-state index contributed by atoms with van der Waals surface area (Å²) in [5.74, 6) is 1.64. The Morgan fingerprint density at radius 3 is 2.64 bits per heavy atom. The van der Waals surface area contributed by atoms with Gasteiger partial charge in [0.25, 0.3) is 5.91 Å². The van der Waals surface area contributed by atoms with Crippen molar-refractivity contribution in [2.75, 3.05) is 18.9 Å². The van der Waals surface area contributed by atoms with E-state index in [1.165, 1.54) is 4.90 Å². The van der Waals surface area contributed by atoms with Gasteiger partial charge in [-0.1, -0.05) is 18.2 Å². The van der Waals surface area contributed by atoms with Crippen LogP contribution in [0.3, 0.4) is 0 Å². The van der Waals surface area contributed by atoms with Crippen LogP contribution in [-0.4, -0.2) is 24.8 Å². The molecule has 116 valence electrons. The van der Waals surface area contributed by atoms with Gasteiger partial charge in [-0.25, -0.2) is 0 Å². The van der Waals surface area contributed by atoms with Crippen molar-refractivity contribution in [1.82, 2.24) is 5.32 Å². The van der Waals surface area contributed by atoms with Gasteiger partial charge in [0, 0.05) is 22.8 Å². The molecule has 0 spiro atoms. The molecule has 1 N–H and O–H groups in total. The van der Waals surface area contributed by atoms with Crippen LogP contribution in [0, 0.1) is 6.92 Å². The minimum Gasteiger partial charge on any atom is -0.494 e. The van der Waals surface area contributed by atoms with Crippen LogP contribution < -0.4 is 10.1 Å². The van der Waals surface area contributed by atoms with Gasteiger partial charge in [-0.3, -0.25) is 4.79 Å². The number of benzene rings is 2. The Labute approximate surface area is 136 Å². The third-order valence-corrected chi connectivity index (χ3v) is 4.15. The van der Waals surface area contributed by atoms with Crippen LogP contribution in [0.25, 0.3) is 0 Å². The zero-order valence-corrected chi connectivity index (χ0v) is 13.8. The molecule has 0 radical (unpaired) electrons. The van der Waals surface area contributed by atoms with Gasteiger partial charge in [0.2, 0.25) is 0 Å². The summed E-state index contributed by atoms with van der Waals surface area (Å²) in [4.78, 5) is 13.3. The van der Waals surface area contributed by atoms with Crippen molar-refractivity contribution < 1.29 is 9.53 Å². The maximum absolute atomic E-state index is 12.1. The van der Waals surface area contributed by atoms with Crippen molar-refractivity contribution in [2.45, 2.75) is 18.7 Å². The van der Waals surface area contributed by atoms with Crippen molar-refractivity contribution in [3.8, 4) is 5.75 Å². The third-order valence-electron chi connectivity index (χ3n) is 3.14. The van der Waals surface area contributed by atoms with Crippen LogP contribution in [-0.2, 0) is 0 Å². The van der Waals surface area contributed by atoms with Crippen molar-refractivity contribution >= 4 is 17.7 Å². The number of rotatable bonds is 7. The van der Waals surface area contributed by atoms with E-state index in [0.29, 0.717) is 18.7 Å². The van der Waals surface area contributed by atoms with Gasteiger partial charge in [0.15, 0.2) is 0 Å². The highest BCUT2D eigenvalue weighted by Gasteiger charge is 2.07. The molecule has 3 nitrogen and oxygen atoms in total. The number of thioether (sulfide) groups is 1. The zero-order valence-electron chi connectivity index (χ0n) is 13.0. The first-order valence-corrected chi connectivity index (χ1v) is 8.38. The van der Waals surface area contributed by atoms with Crippen LogP contribution in [0.4, 0.5) is 0 Å². The van der Waals surface area contributed by atoms with Crippen molar-refractivity contribution in [3.05, 3.63) is 59.7 Å². The molecule has 0 aliphatic carbocycles. The standard InChI is InChI=1S/C18H21NO2S/c1-3-21-17-10-9-15(13-14(17)2)18(20)19-11-12-22-16-7-5-4-6-8-16/h4-10,13H,3,11-12H2,1-2H3,(H,19,20). The van der Waals surface area contributed by atoms with E-state index in [0.717, 1.165) is 17.1 Å². The zero-order chi connectivity index (χ0) is 15.8. The molecule has 0 aliphatic heterocycles. The van der Waals surface area contributed by atoms with Crippen LogP contribution in [0.1, 0.15) is 22.8 Å². The van der Waals surface area contributed by atoms with Gasteiger partial charge < -0.3 is 10.1 Å². The summed E-state index contributed by atoms with van der Waals surface area (Å²) >= 11 is 1.74. The summed E-state index contributed by atoms with van der Waals surface area (Å²) in [6.45, 7) is 5.17. The Bertz CT molecular complexity index is 614. The molecule has 0 aliphatic rings. The molecule has 0 aromatic heterocycles. The fourth-order valence-corrected chi connectivity index (χ4v) is 2.85. The summed E-state index contributed by atoms with van der Waals surface area (Å²) < 4.78 is 5.48. The number of hydrogen-bond donors (Lipinski definition) is 1. The molecule has 0 fully saturated rings. The number of nitrogens with one attached hydrogen (secondary N) is 1. The van der Waals surface area contributed by atoms with Crippen LogP contribution in [0.5, 0.6) is 5.75 Å². The first kappa shape index (κ1) is 16.4. The molecule has 2 aromatic rings. The third kappa shape index (κ3) is 4.81. The fraction of sp³-hybridized carbons (Fsp3) is 0.278. The largest absolute Gasteiger partial charge is 0.494 e. The van der Waals surface area contributed by atoms with E-state index in [1.807, 2.05) is 44.2 Å². The van der Waals surface area contributed by atoms with Gasteiger partial charge in [-0.2, -0.15) is 0 Å². The molecule has 2 aromatic carbocycles. The highest BCUT2D eigenvalue weighted by Crippen LogP contribution is 2.19. The second-order valence-corrected chi connectivity index (χ2v) is 6.00. The summed E-state index contributed by atoms with van der Waals surface area (Å²) in [5, 5.41) is 2.95.